The van der Waals surface area contributed by atoms with Crippen LogP contribution in [0.4, 0.5) is 5.69 Å². The van der Waals surface area contributed by atoms with Gasteiger partial charge in [-0.3, -0.25) is 0 Å². The van der Waals surface area contributed by atoms with E-state index >= 15 is 0 Å². The highest BCUT2D eigenvalue weighted by atomic mass is 35.5. The summed E-state index contributed by atoms with van der Waals surface area (Å²) in [6.45, 7) is 6.66. The quantitative estimate of drug-likeness (QED) is 0.882. The maximum atomic E-state index is 6.15. The molecule has 1 aliphatic carbocycles. The first kappa shape index (κ1) is 12.3. The fourth-order valence-electron chi connectivity index (χ4n) is 2.93. The van der Waals surface area contributed by atoms with Crippen LogP contribution in [0.2, 0.25) is 5.02 Å². The van der Waals surface area contributed by atoms with E-state index in [0.717, 1.165) is 24.0 Å². The Morgan fingerprint density at radius 3 is 2.83 bits per heavy atom. The number of hydrogen-bond acceptors (Lipinski definition) is 2. The molecule has 1 saturated heterocycles. The van der Waals surface area contributed by atoms with Crippen LogP contribution in [-0.2, 0) is 0 Å². The summed E-state index contributed by atoms with van der Waals surface area (Å²) < 4.78 is 0. The summed E-state index contributed by atoms with van der Waals surface area (Å²) in [5.74, 6) is 0.902. The first-order valence-corrected chi connectivity index (χ1v) is 7.29. The maximum Gasteiger partial charge on any atom is 0.0426 e. The van der Waals surface area contributed by atoms with E-state index in [1.54, 1.807) is 0 Å². The van der Waals surface area contributed by atoms with Crippen molar-refractivity contribution in [3.63, 3.8) is 0 Å². The van der Waals surface area contributed by atoms with E-state index in [1.165, 1.54) is 24.1 Å². The topological polar surface area (TPSA) is 15.3 Å². The van der Waals surface area contributed by atoms with Gasteiger partial charge < -0.3 is 10.2 Å². The zero-order chi connectivity index (χ0) is 12.7. The van der Waals surface area contributed by atoms with E-state index in [2.05, 4.69) is 36.2 Å². The second kappa shape index (κ2) is 4.75. The standard InChI is InChI=1S/C15H21ClN2/c1-10-3-6-13(16)7-15(10)18-9-14(12-4-5-12)17-8-11(18)2/h3,6-7,11-12,14,17H,4-5,8-9H2,1-2H3. The van der Waals surface area contributed by atoms with Gasteiger partial charge in [0.2, 0.25) is 0 Å². The van der Waals surface area contributed by atoms with Gasteiger partial charge in [-0.15, -0.1) is 0 Å². The van der Waals surface area contributed by atoms with E-state index < -0.39 is 0 Å². The van der Waals surface area contributed by atoms with Gasteiger partial charge in [0.25, 0.3) is 0 Å². The molecule has 2 fully saturated rings. The number of piperazine rings is 1. The SMILES string of the molecule is Cc1ccc(Cl)cc1N1CC(C2CC2)NCC1C. The third-order valence-electron chi connectivity index (χ3n) is 4.27. The smallest absolute Gasteiger partial charge is 0.0426 e. The number of nitrogens with zero attached hydrogens (tertiary/aromatic N) is 1. The van der Waals surface area contributed by atoms with Crippen molar-refractivity contribution in [2.24, 2.45) is 5.92 Å². The largest absolute Gasteiger partial charge is 0.366 e. The molecule has 1 aromatic carbocycles. The van der Waals surface area contributed by atoms with E-state index in [1.807, 2.05) is 6.07 Å². The molecule has 1 N–H and O–H groups in total. The molecule has 1 aromatic rings. The summed E-state index contributed by atoms with van der Waals surface area (Å²) in [6, 6.07) is 7.42. The van der Waals surface area contributed by atoms with Gasteiger partial charge >= 0.3 is 0 Å². The molecule has 1 saturated carbocycles. The lowest BCUT2D eigenvalue weighted by Crippen LogP contribution is -2.56. The van der Waals surface area contributed by atoms with Crippen molar-refractivity contribution >= 4 is 17.3 Å². The molecular formula is C15H21ClN2. The molecule has 0 radical (unpaired) electrons. The average molecular weight is 265 g/mol. The molecule has 98 valence electrons. The normalized spacial score (nSPS) is 28.5. The Balaban J connectivity index is 1.85. The van der Waals surface area contributed by atoms with Gasteiger partial charge in [-0.2, -0.15) is 0 Å². The van der Waals surface area contributed by atoms with Gasteiger partial charge in [-0.25, -0.2) is 0 Å². The van der Waals surface area contributed by atoms with Crippen molar-refractivity contribution in [3.8, 4) is 0 Å². The molecule has 0 bridgehead atoms. The fourth-order valence-corrected chi connectivity index (χ4v) is 3.10. The van der Waals surface area contributed by atoms with Gasteiger partial charge in [-0.1, -0.05) is 17.7 Å². The highest BCUT2D eigenvalue weighted by molar-refractivity contribution is 6.30. The van der Waals surface area contributed by atoms with Crippen molar-refractivity contribution in [3.05, 3.63) is 28.8 Å². The molecule has 0 amide bonds. The average Bonchev–Trinajstić information content (AvgIpc) is 3.17. The van der Waals surface area contributed by atoms with Crippen molar-refractivity contribution in [1.82, 2.24) is 5.32 Å². The second-order valence-corrected chi connectivity index (χ2v) is 6.22. The minimum Gasteiger partial charge on any atom is -0.366 e. The first-order chi connectivity index (χ1) is 8.65. The summed E-state index contributed by atoms with van der Waals surface area (Å²) in [5, 5.41) is 4.53. The molecule has 0 aromatic heterocycles. The molecule has 3 heteroatoms. The number of aryl methyl sites for hydroxylation is 1. The highest BCUT2D eigenvalue weighted by Gasteiger charge is 2.36. The lowest BCUT2D eigenvalue weighted by Gasteiger charge is -2.41. The molecule has 2 nitrogen and oxygen atoms in total. The third kappa shape index (κ3) is 2.36. The third-order valence-corrected chi connectivity index (χ3v) is 4.51. The van der Waals surface area contributed by atoms with E-state index in [0.29, 0.717) is 12.1 Å². The molecule has 18 heavy (non-hydrogen) atoms. The Kier molecular flexibility index (Phi) is 3.25. The maximum absolute atomic E-state index is 6.15. The zero-order valence-corrected chi connectivity index (χ0v) is 11.9. The predicted octanol–water partition coefficient (Wildman–Crippen LogP) is 3.23. The molecule has 2 aliphatic rings. The van der Waals surface area contributed by atoms with Gasteiger partial charge in [-0.05, 0) is 50.3 Å². The fraction of sp³-hybridized carbons (Fsp3) is 0.600. The Morgan fingerprint density at radius 2 is 2.11 bits per heavy atom. The van der Waals surface area contributed by atoms with Crippen LogP contribution in [0.5, 0.6) is 0 Å². The number of rotatable bonds is 2. The van der Waals surface area contributed by atoms with Gasteiger partial charge in [0.05, 0.1) is 0 Å². The summed E-state index contributed by atoms with van der Waals surface area (Å²) in [6.07, 6.45) is 2.79. The van der Waals surface area contributed by atoms with Crippen LogP contribution < -0.4 is 10.2 Å². The minimum absolute atomic E-state index is 0.539. The Bertz CT molecular complexity index is 442. The van der Waals surface area contributed by atoms with E-state index in [-0.39, 0.29) is 0 Å². The lowest BCUT2D eigenvalue weighted by molar-refractivity contribution is 0.375. The minimum atomic E-state index is 0.539. The number of nitrogens with one attached hydrogen (secondary N) is 1. The van der Waals surface area contributed by atoms with Gasteiger partial charge in [0, 0.05) is 35.9 Å². The first-order valence-electron chi connectivity index (χ1n) is 6.91. The Morgan fingerprint density at radius 1 is 1.33 bits per heavy atom. The zero-order valence-electron chi connectivity index (χ0n) is 11.1. The van der Waals surface area contributed by atoms with Crippen LogP contribution in [0.15, 0.2) is 18.2 Å². The van der Waals surface area contributed by atoms with Crippen LogP contribution in [0.25, 0.3) is 0 Å². The predicted molar refractivity (Wildman–Crippen MR) is 77.5 cm³/mol. The second-order valence-electron chi connectivity index (χ2n) is 5.78. The van der Waals surface area contributed by atoms with Crippen molar-refractivity contribution < 1.29 is 0 Å². The monoisotopic (exact) mass is 264 g/mol. The molecule has 1 aliphatic heterocycles. The molecular weight excluding hydrogens is 244 g/mol. The number of anilines is 1. The Hall–Kier alpha value is -0.730. The summed E-state index contributed by atoms with van der Waals surface area (Å²) in [7, 11) is 0. The van der Waals surface area contributed by atoms with Crippen molar-refractivity contribution in [2.45, 2.75) is 38.8 Å². The van der Waals surface area contributed by atoms with Crippen LogP contribution >= 0.6 is 11.6 Å². The summed E-state index contributed by atoms with van der Waals surface area (Å²) in [4.78, 5) is 2.53. The van der Waals surface area contributed by atoms with Crippen molar-refractivity contribution in [2.75, 3.05) is 18.0 Å². The lowest BCUT2D eigenvalue weighted by atomic mass is 10.0. The summed E-state index contributed by atoms with van der Waals surface area (Å²) in [5.41, 5.74) is 2.63. The molecule has 1 heterocycles. The molecule has 2 atom stereocenters. The van der Waals surface area contributed by atoms with Gasteiger partial charge in [0.1, 0.15) is 0 Å². The van der Waals surface area contributed by atoms with Crippen LogP contribution in [0.1, 0.15) is 25.3 Å². The van der Waals surface area contributed by atoms with Crippen LogP contribution in [-0.4, -0.2) is 25.2 Å². The van der Waals surface area contributed by atoms with Crippen molar-refractivity contribution in [1.29, 1.82) is 0 Å². The number of hydrogen-bond donors (Lipinski definition) is 1. The number of benzene rings is 1. The van der Waals surface area contributed by atoms with Crippen LogP contribution in [0, 0.1) is 12.8 Å². The van der Waals surface area contributed by atoms with Gasteiger partial charge in [0.15, 0.2) is 0 Å². The molecule has 0 spiro atoms. The van der Waals surface area contributed by atoms with E-state index in [9.17, 15) is 0 Å². The summed E-state index contributed by atoms with van der Waals surface area (Å²) >= 11 is 6.15. The van der Waals surface area contributed by atoms with E-state index in [4.69, 9.17) is 11.6 Å². The highest BCUT2D eigenvalue weighted by Crippen LogP contribution is 2.36. The Labute approximate surface area is 114 Å². The molecule has 2 unspecified atom stereocenters. The van der Waals surface area contributed by atoms with Crippen LogP contribution in [0.3, 0.4) is 0 Å². The molecule has 3 rings (SSSR count). The number of halogens is 1.